The number of para-hydroxylation sites is 4. The van der Waals surface area contributed by atoms with E-state index >= 15 is 0 Å². The Kier molecular flexibility index (Phi) is 9.58. The second kappa shape index (κ2) is 16.0. The van der Waals surface area contributed by atoms with Gasteiger partial charge in [0.15, 0.2) is 0 Å². The summed E-state index contributed by atoms with van der Waals surface area (Å²) in [5, 5.41) is 5.06. The Labute approximate surface area is 409 Å². The monoisotopic (exact) mass is 1050 g/mol. The molecule has 9 aromatic carbocycles. The van der Waals surface area contributed by atoms with Gasteiger partial charge in [0.05, 0.1) is 22.1 Å². The molecular formula is C64H44IrN3-. The molecule has 325 valence electrons. The number of aromatic nitrogens is 3. The van der Waals surface area contributed by atoms with Crippen LogP contribution < -0.4 is 0 Å². The minimum Gasteiger partial charge on any atom is -0.309 e. The molecule has 0 saturated heterocycles. The third kappa shape index (κ3) is 6.25. The first-order valence-electron chi connectivity index (χ1n) is 23.6. The topological polar surface area (TPSA) is 22.8 Å². The molecule has 0 N–H and O–H groups in total. The standard InChI is InChI=1S/C64H44N3.Ir/c1-5-24-60-53(19-1)54-20-2-6-25-61(54)66(60)49-37-48(38-50(41-49)67-62-26-7-3-21-55(62)56-22-4-8-27-63(56)67)46-29-31-52-51-30-28-45(39-57(51)64(58(52)40-46)32-10-11-33-64)43-16-13-15-42(35-43)44-17-14-18-47(36-44)59-23-9-12-34-65-59;/h1-9,12-17,19-31,34-41H,10-11,32-33H2;/q-1;. The molecule has 68 heavy (non-hydrogen) atoms. The number of fused-ring (bicyclic) bond motifs is 11. The Bertz CT molecular complexity index is 3700. The second-order valence-corrected chi connectivity index (χ2v) is 18.6. The van der Waals surface area contributed by atoms with Gasteiger partial charge in [-0.1, -0.05) is 140 Å². The molecule has 3 heterocycles. The summed E-state index contributed by atoms with van der Waals surface area (Å²) < 4.78 is 4.94. The average Bonchev–Trinajstić information content (AvgIpc) is 4.17. The maximum Gasteiger partial charge on any atom is 0.0541 e. The normalized spacial score (nSPS) is 13.6. The van der Waals surface area contributed by atoms with Crippen LogP contribution in [0.25, 0.3) is 111 Å². The van der Waals surface area contributed by atoms with Crippen LogP contribution in [0.2, 0.25) is 0 Å². The fourth-order valence-electron chi connectivity index (χ4n) is 12.0. The van der Waals surface area contributed by atoms with Crippen molar-refractivity contribution >= 4 is 43.6 Å². The molecule has 1 fully saturated rings. The molecule has 0 amide bonds. The SMILES string of the molecule is [Ir].[c-]1ccc(-c2cccc(-c3ccc4c(c3)C3(CCCC3)c3cc(-c5cc(-n6c7ccccc7c7ccccc76)cc(-n6c7ccccc7c7ccccc76)c5)ccc3-4)c2)cc1-c1ccccn1. The van der Waals surface area contributed by atoms with Gasteiger partial charge in [0, 0.05) is 64.6 Å². The summed E-state index contributed by atoms with van der Waals surface area (Å²) in [6.07, 6.45) is 6.62. The molecule has 0 atom stereocenters. The van der Waals surface area contributed by atoms with Gasteiger partial charge in [-0.25, -0.2) is 0 Å². The summed E-state index contributed by atoms with van der Waals surface area (Å²) >= 11 is 0. The Hall–Kier alpha value is -7.62. The molecule has 14 rings (SSSR count). The molecule has 3 nitrogen and oxygen atoms in total. The molecule has 2 aliphatic carbocycles. The first-order chi connectivity index (χ1) is 33.2. The smallest absolute Gasteiger partial charge is 0.0541 e. The van der Waals surface area contributed by atoms with Gasteiger partial charge in [-0.05, 0) is 135 Å². The third-order valence-electron chi connectivity index (χ3n) is 15.0. The zero-order valence-electron chi connectivity index (χ0n) is 37.3. The molecule has 2 aliphatic rings. The summed E-state index contributed by atoms with van der Waals surface area (Å²) in [6.45, 7) is 0. The van der Waals surface area contributed by atoms with E-state index in [1.165, 1.54) is 107 Å². The number of hydrogen-bond donors (Lipinski definition) is 0. The van der Waals surface area contributed by atoms with E-state index in [0.29, 0.717) is 0 Å². The fraction of sp³-hybridized carbons (Fsp3) is 0.0781. The van der Waals surface area contributed by atoms with E-state index in [1.807, 2.05) is 30.5 Å². The van der Waals surface area contributed by atoms with E-state index in [2.05, 4.69) is 208 Å². The summed E-state index contributed by atoms with van der Waals surface area (Å²) in [7, 11) is 0. The summed E-state index contributed by atoms with van der Waals surface area (Å²) in [4.78, 5) is 4.59. The van der Waals surface area contributed by atoms with Crippen LogP contribution in [0.15, 0.2) is 219 Å². The molecule has 0 aliphatic heterocycles. The van der Waals surface area contributed by atoms with Gasteiger partial charge in [-0.3, -0.25) is 0 Å². The van der Waals surface area contributed by atoms with Crippen LogP contribution in [-0.4, -0.2) is 14.1 Å². The van der Waals surface area contributed by atoms with Crippen molar-refractivity contribution in [2.75, 3.05) is 0 Å². The Balaban J connectivity index is 0.00000457. The number of hydrogen-bond acceptors (Lipinski definition) is 1. The average molecular weight is 1050 g/mol. The molecular weight excluding hydrogens is 1000 g/mol. The van der Waals surface area contributed by atoms with Crippen LogP contribution in [0.3, 0.4) is 0 Å². The Morgan fingerprint density at radius 1 is 0.397 bits per heavy atom. The van der Waals surface area contributed by atoms with Crippen molar-refractivity contribution in [2.24, 2.45) is 0 Å². The Morgan fingerprint density at radius 2 is 0.868 bits per heavy atom. The quantitative estimate of drug-likeness (QED) is 0.152. The minimum absolute atomic E-state index is 0. The number of rotatable bonds is 6. The van der Waals surface area contributed by atoms with Crippen LogP contribution in [-0.2, 0) is 25.5 Å². The van der Waals surface area contributed by atoms with E-state index < -0.39 is 0 Å². The molecule has 4 heteroatoms. The van der Waals surface area contributed by atoms with E-state index in [0.717, 1.165) is 41.0 Å². The number of benzene rings is 9. The largest absolute Gasteiger partial charge is 0.309 e. The predicted molar refractivity (Wildman–Crippen MR) is 278 cm³/mol. The van der Waals surface area contributed by atoms with Crippen LogP contribution >= 0.6 is 0 Å². The van der Waals surface area contributed by atoms with Crippen molar-refractivity contribution in [1.82, 2.24) is 14.1 Å². The maximum absolute atomic E-state index is 4.59. The third-order valence-corrected chi connectivity index (χ3v) is 15.0. The van der Waals surface area contributed by atoms with Gasteiger partial charge in [-0.15, -0.1) is 35.4 Å². The zero-order valence-corrected chi connectivity index (χ0v) is 39.7. The van der Waals surface area contributed by atoms with Gasteiger partial charge in [0.25, 0.3) is 0 Å². The molecule has 12 aromatic rings. The number of pyridine rings is 1. The van der Waals surface area contributed by atoms with E-state index in [9.17, 15) is 0 Å². The fourth-order valence-corrected chi connectivity index (χ4v) is 12.0. The molecule has 1 saturated carbocycles. The van der Waals surface area contributed by atoms with E-state index in [4.69, 9.17) is 0 Å². The van der Waals surface area contributed by atoms with Crippen LogP contribution in [0, 0.1) is 6.07 Å². The van der Waals surface area contributed by atoms with Crippen molar-refractivity contribution in [3.05, 3.63) is 236 Å². The van der Waals surface area contributed by atoms with Gasteiger partial charge in [0.1, 0.15) is 0 Å². The van der Waals surface area contributed by atoms with Crippen molar-refractivity contribution in [3.8, 4) is 67.1 Å². The van der Waals surface area contributed by atoms with Crippen molar-refractivity contribution in [1.29, 1.82) is 0 Å². The minimum atomic E-state index is -0.0265. The first-order valence-corrected chi connectivity index (χ1v) is 23.6. The van der Waals surface area contributed by atoms with Crippen LogP contribution in [0.4, 0.5) is 0 Å². The van der Waals surface area contributed by atoms with Gasteiger partial charge >= 0.3 is 0 Å². The van der Waals surface area contributed by atoms with Gasteiger partial charge in [-0.2, -0.15) is 0 Å². The maximum atomic E-state index is 4.59. The van der Waals surface area contributed by atoms with Crippen molar-refractivity contribution in [2.45, 2.75) is 31.1 Å². The summed E-state index contributed by atoms with van der Waals surface area (Å²) in [6, 6.07) is 82.1. The van der Waals surface area contributed by atoms with Crippen LogP contribution in [0.1, 0.15) is 36.8 Å². The summed E-state index contributed by atoms with van der Waals surface area (Å²) in [5.41, 5.74) is 22.1. The Morgan fingerprint density at radius 3 is 1.38 bits per heavy atom. The molecule has 0 bridgehead atoms. The van der Waals surface area contributed by atoms with E-state index in [1.54, 1.807) is 0 Å². The molecule has 0 unspecified atom stereocenters. The molecule has 1 radical (unpaired) electrons. The van der Waals surface area contributed by atoms with Gasteiger partial charge < -0.3 is 14.1 Å². The molecule has 3 aromatic heterocycles. The van der Waals surface area contributed by atoms with Crippen molar-refractivity contribution in [3.63, 3.8) is 0 Å². The number of nitrogens with zero attached hydrogens (tertiary/aromatic N) is 3. The van der Waals surface area contributed by atoms with Crippen LogP contribution in [0.5, 0.6) is 0 Å². The summed E-state index contributed by atoms with van der Waals surface area (Å²) in [5.74, 6) is 0. The zero-order chi connectivity index (χ0) is 44.1. The second-order valence-electron chi connectivity index (χ2n) is 18.6. The molecule has 1 spiro atoms. The van der Waals surface area contributed by atoms with E-state index in [-0.39, 0.29) is 25.5 Å². The first kappa shape index (κ1) is 40.6. The predicted octanol–water partition coefficient (Wildman–Crippen LogP) is 16.6. The van der Waals surface area contributed by atoms with Gasteiger partial charge in [0.2, 0.25) is 0 Å². The van der Waals surface area contributed by atoms with Crippen molar-refractivity contribution < 1.29 is 20.1 Å².